The van der Waals surface area contributed by atoms with E-state index in [0.29, 0.717) is 23.0 Å². The molecule has 0 radical (unpaired) electrons. The van der Waals surface area contributed by atoms with Gasteiger partial charge in [-0.15, -0.1) is 0 Å². The smallest absolute Gasteiger partial charge is 0.341 e. The molecule has 0 spiro atoms. The van der Waals surface area contributed by atoms with Gasteiger partial charge in [0.05, 0.1) is 12.0 Å². The highest BCUT2D eigenvalue weighted by atomic mass is 32.2. The number of nitrogens with one attached hydrogen (secondary N) is 1. The first-order valence-corrected chi connectivity index (χ1v) is 10.7. The maximum absolute atomic E-state index is 12.8. The number of rotatable bonds is 8. The lowest BCUT2D eigenvalue weighted by atomic mass is 10.1. The van der Waals surface area contributed by atoms with E-state index < -0.39 is 36.2 Å². The van der Waals surface area contributed by atoms with Gasteiger partial charge in [-0.2, -0.15) is 0 Å². The van der Waals surface area contributed by atoms with Crippen LogP contribution >= 0.6 is 11.8 Å². The van der Waals surface area contributed by atoms with Crippen LogP contribution in [0.5, 0.6) is 11.5 Å². The Kier molecular flexibility index (Phi) is 7.39. The summed E-state index contributed by atoms with van der Waals surface area (Å²) in [5, 5.41) is 11.1. The average molecular weight is 471 g/mol. The minimum Gasteiger partial charge on any atom is -0.493 e. The van der Waals surface area contributed by atoms with Crippen molar-refractivity contribution in [2.24, 2.45) is 0 Å². The molecule has 3 amide bonds. The van der Waals surface area contributed by atoms with Crippen LogP contribution < -0.4 is 14.8 Å². The van der Waals surface area contributed by atoms with Crippen LogP contribution in [0, 0.1) is 13.8 Å². The highest BCUT2D eigenvalue weighted by Gasteiger charge is 2.36. The number of imide groups is 1. The van der Waals surface area contributed by atoms with Crippen molar-refractivity contribution in [3.05, 3.63) is 58.0 Å². The fourth-order valence-electron chi connectivity index (χ4n) is 3.09. The number of nitrogens with zero attached hydrogens (tertiary/aromatic N) is 1. The molecule has 2 aromatic carbocycles. The molecule has 0 aliphatic carbocycles. The summed E-state index contributed by atoms with van der Waals surface area (Å²) in [6.45, 7) is 2.74. The van der Waals surface area contributed by atoms with Crippen LogP contribution in [0.1, 0.15) is 16.7 Å². The molecule has 33 heavy (non-hydrogen) atoms. The highest BCUT2D eigenvalue weighted by Crippen LogP contribution is 2.37. The number of carbonyl (C=O) groups is 4. The number of carbonyl (C=O) groups excluding carboxylic acids is 3. The summed E-state index contributed by atoms with van der Waals surface area (Å²) in [5.41, 5.74) is 2.87. The lowest BCUT2D eigenvalue weighted by Gasteiger charge is -2.14. The summed E-state index contributed by atoms with van der Waals surface area (Å²) < 4.78 is 10.5. The van der Waals surface area contributed by atoms with Crippen LogP contribution in [0.25, 0.3) is 6.08 Å². The maximum Gasteiger partial charge on any atom is 0.341 e. The number of hydrogen-bond acceptors (Lipinski definition) is 7. The van der Waals surface area contributed by atoms with Crippen molar-refractivity contribution >= 4 is 46.5 Å². The molecule has 2 N–H and O–H groups in total. The van der Waals surface area contributed by atoms with Gasteiger partial charge < -0.3 is 19.9 Å². The Morgan fingerprint density at radius 3 is 2.58 bits per heavy atom. The minimum atomic E-state index is -1.18. The second-order valence-electron chi connectivity index (χ2n) is 7.12. The van der Waals surface area contributed by atoms with Crippen molar-refractivity contribution in [3.63, 3.8) is 0 Å². The molecular formula is C23H22N2O7S. The van der Waals surface area contributed by atoms with Crippen molar-refractivity contribution in [2.75, 3.05) is 25.6 Å². The summed E-state index contributed by atoms with van der Waals surface area (Å²) in [6, 6.07) is 10.3. The number of thioether (sulfide) groups is 1. The van der Waals surface area contributed by atoms with Crippen molar-refractivity contribution in [3.8, 4) is 11.5 Å². The second-order valence-corrected chi connectivity index (χ2v) is 8.12. The first-order valence-electron chi connectivity index (χ1n) is 9.84. The topological polar surface area (TPSA) is 122 Å². The van der Waals surface area contributed by atoms with E-state index in [1.807, 2.05) is 19.9 Å². The predicted octanol–water partition coefficient (Wildman–Crippen LogP) is 3.45. The normalized spacial score (nSPS) is 14.5. The number of ether oxygens (including phenoxy) is 2. The molecule has 0 bridgehead atoms. The Hall–Kier alpha value is -3.79. The maximum atomic E-state index is 12.8. The van der Waals surface area contributed by atoms with Gasteiger partial charge in [0.25, 0.3) is 11.1 Å². The zero-order valence-electron chi connectivity index (χ0n) is 18.2. The fraction of sp³-hybridized carbons (Fsp3) is 0.217. The first kappa shape index (κ1) is 23.9. The number of aryl methyl sites for hydroxylation is 1. The van der Waals surface area contributed by atoms with Gasteiger partial charge in [-0.05, 0) is 54.9 Å². The van der Waals surface area contributed by atoms with Gasteiger partial charge in [0, 0.05) is 11.3 Å². The van der Waals surface area contributed by atoms with Crippen molar-refractivity contribution < 1.29 is 33.8 Å². The summed E-state index contributed by atoms with van der Waals surface area (Å²) in [5.74, 6) is -1.91. The van der Waals surface area contributed by atoms with Crippen molar-refractivity contribution in [1.29, 1.82) is 0 Å². The average Bonchev–Trinajstić information content (AvgIpc) is 3.03. The predicted molar refractivity (Wildman–Crippen MR) is 123 cm³/mol. The molecule has 1 heterocycles. The molecule has 1 fully saturated rings. The van der Waals surface area contributed by atoms with Gasteiger partial charge in [0.2, 0.25) is 5.91 Å². The van der Waals surface area contributed by atoms with E-state index in [1.54, 1.807) is 30.3 Å². The third-order valence-corrected chi connectivity index (χ3v) is 5.82. The van der Waals surface area contributed by atoms with Crippen LogP contribution in [0.3, 0.4) is 0 Å². The fourth-order valence-corrected chi connectivity index (χ4v) is 3.92. The number of amides is 3. The van der Waals surface area contributed by atoms with E-state index in [2.05, 4.69) is 5.32 Å². The molecule has 9 nitrogen and oxygen atoms in total. The molecule has 1 saturated heterocycles. The van der Waals surface area contributed by atoms with E-state index in [1.165, 1.54) is 13.2 Å². The number of benzene rings is 2. The van der Waals surface area contributed by atoms with E-state index in [-0.39, 0.29) is 16.4 Å². The summed E-state index contributed by atoms with van der Waals surface area (Å²) in [7, 11) is 1.40. The zero-order valence-corrected chi connectivity index (χ0v) is 19.0. The molecule has 3 rings (SSSR count). The Balaban J connectivity index is 1.79. The molecule has 1 aliphatic rings. The molecule has 2 aromatic rings. The number of hydrogen-bond donors (Lipinski definition) is 2. The molecule has 0 atom stereocenters. The van der Waals surface area contributed by atoms with Crippen LogP contribution in [-0.4, -0.2) is 53.3 Å². The van der Waals surface area contributed by atoms with Gasteiger partial charge >= 0.3 is 5.97 Å². The lowest BCUT2D eigenvalue weighted by Crippen LogP contribution is -2.36. The van der Waals surface area contributed by atoms with Gasteiger partial charge in [-0.1, -0.05) is 24.3 Å². The third kappa shape index (κ3) is 5.53. The third-order valence-electron chi connectivity index (χ3n) is 4.91. The van der Waals surface area contributed by atoms with E-state index >= 15 is 0 Å². The largest absolute Gasteiger partial charge is 0.493 e. The van der Waals surface area contributed by atoms with Crippen LogP contribution in [0.15, 0.2) is 41.3 Å². The van der Waals surface area contributed by atoms with Crippen LogP contribution in [-0.2, 0) is 14.4 Å². The SMILES string of the molecule is COc1cccc(/C=C2/SC(=O)N(CC(=O)Nc3cccc(C)c3C)C2=O)c1OCC(=O)O. The van der Waals surface area contributed by atoms with Crippen LogP contribution in [0.2, 0.25) is 0 Å². The molecule has 0 aromatic heterocycles. The molecule has 172 valence electrons. The van der Waals surface area contributed by atoms with Gasteiger partial charge in [-0.3, -0.25) is 19.3 Å². The summed E-state index contributed by atoms with van der Waals surface area (Å²) in [6.07, 6.45) is 1.41. The number of para-hydroxylation sites is 1. The van der Waals surface area contributed by atoms with Gasteiger partial charge in [-0.25, -0.2) is 4.79 Å². The molecular weight excluding hydrogens is 448 g/mol. The summed E-state index contributed by atoms with van der Waals surface area (Å²) >= 11 is 0.683. The Morgan fingerprint density at radius 1 is 1.15 bits per heavy atom. The van der Waals surface area contributed by atoms with E-state index in [9.17, 15) is 19.2 Å². The Labute approximate surface area is 194 Å². The molecule has 0 unspecified atom stereocenters. The monoisotopic (exact) mass is 470 g/mol. The molecule has 0 saturated carbocycles. The standard InChI is InChI=1S/C23H22N2O7S/c1-13-6-4-8-16(14(13)2)24-19(26)11-25-22(29)18(33-23(25)30)10-15-7-5-9-17(31-3)21(15)32-12-20(27)28/h4-10H,11-12H2,1-3H3,(H,24,26)(H,27,28)/b18-10+. The van der Waals surface area contributed by atoms with Gasteiger partial charge in [0.1, 0.15) is 6.54 Å². The van der Waals surface area contributed by atoms with E-state index in [4.69, 9.17) is 14.6 Å². The second kappa shape index (κ2) is 10.2. The minimum absolute atomic E-state index is 0.0768. The zero-order chi connectivity index (χ0) is 24.1. The van der Waals surface area contributed by atoms with Crippen LogP contribution in [0.4, 0.5) is 10.5 Å². The number of methoxy groups -OCH3 is 1. The summed E-state index contributed by atoms with van der Waals surface area (Å²) in [4.78, 5) is 49.6. The Bertz CT molecular complexity index is 1160. The number of carboxylic acids is 1. The van der Waals surface area contributed by atoms with Crippen molar-refractivity contribution in [1.82, 2.24) is 4.90 Å². The molecule has 1 aliphatic heterocycles. The van der Waals surface area contributed by atoms with Crippen molar-refractivity contribution in [2.45, 2.75) is 13.8 Å². The number of anilines is 1. The lowest BCUT2D eigenvalue weighted by molar-refractivity contribution is -0.139. The highest BCUT2D eigenvalue weighted by molar-refractivity contribution is 8.18. The number of carboxylic acid groups (broad SMARTS) is 1. The Morgan fingerprint density at radius 2 is 1.88 bits per heavy atom. The number of aliphatic carboxylic acids is 1. The van der Waals surface area contributed by atoms with E-state index in [0.717, 1.165) is 16.0 Å². The van der Waals surface area contributed by atoms with Gasteiger partial charge in [0.15, 0.2) is 18.1 Å². The molecule has 10 heteroatoms. The first-order chi connectivity index (χ1) is 15.7. The quantitative estimate of drug-likeness (QED) is 0.563.